The van der Waals surface area contributed by atoms with Crippen LogP contribution in [0.15, 0.2) is 0 Å². The third-order valence-electron chi connectivity index (χ3n) is 0.902. The van der Waals surface area contributed by atoms with E-state index < -0.39 is 5.97 Å². The molecule has 0 heterocycles. The molecule has 0 bridgehead atoms. The maximum Gasteiger partial charge on any atom is 0.381 e. The number of carboxylic acids is 1. The van der Waals surface area contributed by atoms with Gasteiger partial charge < -0.3 is 10.4 Å². The molecule has 62 valence electrons. The van der Waals surface area contributed by atoms with Crippen molar-refractivity contribution >= 4 is 5.97 Å². The van der Waals surface area contributed by atoms with Crippen molar-refractivity contribution in [1.29, 1.82) is 0 Å². The van der Waals surface area contributed by atoms with Gasteiger partial charge in [-0.3, -0.25) is 0 Å². The molecule has 0 spiro atoms. The molecule has 0 radical (unpaired) electrons. The molecule has 11 heavy (non-hydrogen) atoms. The highest BCUT2D eigenvalue weighted by Crippen LogP contribution is 1.95. The first-order valence-corrected chi connectivity index (χ1v) is 3.38. The van der Waals surface area contributed by atoms with Gasteiger partial charge in [-0.1, -0.05) is 5.92 Å². The Morgan fingerprint density at radius 2 is 2.09 bits per heavy atom. The molecule has 0 aromatic rings. The lowest BCUT2D eigenvalue weighted by Crippen LogP contribution is -2.35. The Morgan fingerprint density at radius 3 is 2.45 bits per heavy atom. The van der Waals surface area contributed by atoms with E-state index in [1.54, 1.807) is 0 Å². The minimum absolute atomic E-state index is 0.00676. The van der Waals surface area contributed by atoms with Crippen LogP contribution in [-0.4, -0.2) is 23.2 Å². The molecule has 0 saturated heterocycles. The van der Waals surface area contributed by atoms with Crippen molar-refractivity contribution in [3.8, 4) is 11.8 Å². The fourth-order valence-electron chi connectivity index (χ4n) is 0.429. The molecule has 0 aliphatic rings. The summed E-state index contributed by atoms with van der Waals surface area (Å²) in [6.45, 7) is 6.40. The summed E-state index contributed by atoms with van der Waals surface area (Å²) in [7, 11) is 0. The highest BCUT2D eigenvalue weighted by Gasteiger charge is 2.05. The lowest BCUT2D eigenvalue weighted by Gasteiger charge is -2.17. The summed E-state index contributed by atoms with van der Waals surface area (Å²) in [6.07, 6.45) is 0. The van der Waals surface area contributed by atoms with Crippen molar-refractivity contribution in [2.45, 2.75) is 26.3 Å². The van der Waals surface area contributed by atoms with Gasteiger partial charge in [0.05, 0.1) is 6.54 Å². The van der Waals surface area contributed by atoms with Gasteiger partial charge in [-0.15, -0.1) is 0 Å². The maximum atomic E-state index is 9.92. The number of hydrogen-bond acceptors (Lipinski definition) is 2. The molecule has 0 saturated carbocycles. The topological polar surface area (TPSA) is 49.3 Å². The molecule has 0 atom stereocenters. The standard InChI is InChI=1S/C8H13NO2/c1-8(2,3)9-6-4-5-7(10)11/h9H,6H2,1-3H3,(H,10,11). The zero-order valence-corrected chi connectivity index (χ0v) is 7.06. The summed E-state index contributed by atoms with van der Waals surface area (Å²) in [5.41, 5.74) is -0.00676. The summed E-state index contributed by atoms with van der Waals surface area (Å²) in [6, 6.07) is 0. The zero-order valence-electron chi connectivity index (χ0n) is 7.06. The SMILES string of the molecule is CC(C)(C)NCC#CC(=O)O. The molecule has 3 heteroatoms. The van der Waals surface area contributed by atoms with Gasteiger partial charge in [0.15, 0.2) is 0 Å². The Morgan fingerprint density at radius 1 is 1.55 bits per heavy atom. The van der Waals surface area contributed by atoms with Crippen LogP contribution in [-0.2, 0) is 4.79 Å². The minimum atomic E-state index is -1.08. The molecule has 0 aromatic carbocycles. The van der Waals surface area contributed by atoms with E-state index in [0.29, 0.717) is 6.54 Å². The van der Waals surface area contributed by atoms with E-state index >= 15 is 0 Å². The number of nitrogens with one attached hydrogen (secondary N) is 1. The summed E-state index contributed by atoms with van der Waals surface area (Å²) >= 11 is 0. The van der Waals surface area contributed by atoms with Crippen LogP contribution < -0.4 is 5.32 Å². The van der Waals surface area contributed by atoms with Gasteiger partial charge in [0.1, 0.15) is 0 Å². The van der Waals surface area contributed by atoms with Crippen LogP contribution in [0.25, 0.3) is 0 Å². The highest BCUT2D eigenvalue weighted by atomic mass is 16.4. The lowest BCUT2D eigenvalue weighted by molar-refractivity contribution is -0.130. The molecule has 3 nitrogen and oxygen atoms in total. The van der Waals surface area contributed by atoms with Crippen LogP contribution in [0, 0.1) is 11.8 Å². The molecule has 0 aliphatic carbocycles. The third kappa shape index (κ3) is 8.99. The molecule has 2 N–H and O–H groups in total. The number of carbonyl (C=O) groups is 1. The van der Waals surface area contributed by atoms with Gasteiger partial charge in [-0.25, -0.2) is 4.79 Å². The first-order chi connectivity index (χ1) is 4.92. The van der Waals surface area contributed by atoms with Crippen LogP contribution in [0.2, 0.25) is 0 Å². The van der Waals surface area contributed by atoms with Gasteiger partial charge in [-0.05, 0) is 20.8 Å². The van der Waals surface area contributed by atoms with Crippen LogP contribution in [0.4, 0.5) is 0 Å². The fraction of sp³-hybridized carbons (Fsp3) is 0.625. The number of carboxylic acid groups (broad SMARTS) is 1. The Kier molecular flexibility index (Phi) is 3.63. The molecular formula is C8H13NO2. The summed E-state index contributed by atoms with van der Waals surface area (Å²) in [5, 5.41) is 11.2. The zero-order chi connectivity index (χ0) is 8.91. The van der Waals surface area contributed by atoms with Gasteiger partial charge >= 0.3 is 5.97 Å². The van der Waals surface area contributed by atoms with Crippen molar-refractivity contribution < 1.29 is 9.90 Å². The largest absolute Gasteiger partial charge is 0.472 e. The van der Waals surface area contributed by atoms with Crippen molar-refractivity contribution in [1.82, 2.24) is 5.32 Å². The van der Waals surface area contributed by atoms with E-state index in [2.05, 4.69) is 11.2 Å². The molecular weight excluding hydrogens is 142 g/mol. The second kappa shape index (κ2) is 3.99. The van der Waals surface area contributed by atoms with Gasteiger partial charge in [0.25, 0.3) is 0 Å². The van der Waals surface area contributed by atoms with Gasteiger partial charge in [0, 0.05) is 11.5 Å². The van der Waals surface area contributed by atoms with Crippen molar-refractivity contribution in [2.75, 3.05) is 6.54 Å². The Bertz CT molecular complexity index is 192. The van der Waals surface area contributed by atoms with E-state index in [4.69, 9.17) is 5.11 Å². The predicted octanol–water partition coefficient (Wildman–Crippen LogP) is 0.463. The minimum Gasteiger partial charge on any atom is -0.472 e. The average molecular weight is 155 g/mol. The van der Waals surface area contributed by atoms with Crippen LogP contribution in [0.1, 0.15) is 20.8 Å². The second-order valence-electron chi connectivity index (χ2n) is 3.21. The maximum absolute atomic E-state index is 9.92. The first kappa shape index (κ1) is 9.99. The Balaban J connectivity index is 3.60. The number of aliphatic carboxylic acids is 1. The smallest absolute Gasteiger partial charge is 0.381 e. The predicted molar refractivity (Wildman–Crippen MR) is 43.2 cm³/mol. The monoisotopic (exact) mass is 155 g/mol. The lowest BCUT2D eigenvalue weighted by atomic mass is 10.1. The van der Waals surface area contributed by atoms with Gasteiger partial charge in [-0.2, -0.15) is 0 Å². The molecule has 0 amide bonds. The van der Waals surface area contributed by atoms with E-state index in [1.807, 2.05) is 26.7 Å². The van der Waals surface area contributed by atoms with E-state index in [1.165, 1.54) is 0 Å². The first-order valence-electron chi connectivity index (χ1n) is 3.38. The van der Waals surface area contributed by atoms with Crippen LogP contribution in [0.5, 0.6) is 0 Å². The Hall–Kier alpha value is -1.01. The van der Waals surface area contributed by atoms with Crippen molar-refractivity contribution in [2.24, 2.45) is 0 Å². The fourth-order valence-corrected chi connectivity index (χ4v) is 0.429. The number of hydrogen-bond donors (Lipinski definition) is 2. The van der Waals surface area contributed by atoms with Crippen LogP contribution >= 0.6 is 0 Å². The van der Waals surface area contributed by atoms with E-state index in [-0.39, 0.29) is 5.54 Å². The normalized spacial score (nSPS) is 10.1. The van der Waals surface area contributed by atoms with E-state index in [0.717, 1.165) is 0 Å². The summed E-state index contributed by atoms with van der Waals surface area (Å²) < 4.78 is 0. The highest BCUT2D eigenvalue weighted by molar-refractivity contribution is 5.86. The van der Waals surface area contributed by atoms with Crippen molar-refractivity contribution in [3.63, 3.8) is 0 Å². The molecule has 0 unspecified atom stereocenters. The third-order valence-corrected chi connectivity index (χ3v) is 0.902. The van der Waals surface area contributed by atoms with Gasteiger partial charge in [0.2, 0.25) is 0 Å². The summed E-state index contributed by atoms with van der Waals surface area (Å²) in [4.78, 5) is 9.92. The summed E-state index contributed by atoms with van der Waals surface area (Å²) in [5.74, 6) is 3.42. The molecule has 0 rings (SSSR count). The van der Waals surface area contributed by atoms with E-state index in [9.17, 15) is 4.79 Å². The van der Waals surface area contributed by atoms with Crippen molar-refractivity contribution in [3.05, 3.63) is 0 Å². The molecule has 0 fully saturated rings. The van der Waals surface area contributed by atoms with Crippen LogP contribution in [0.3, 0.4) is 0 Å². The molecule has 0 aliphatic heterocycles. The number of rotatable bonds is 1. The molecule has 0 aromatic heterocycles. The Labute approximate surface area is 66.8 Å². The second-order valence-corrected chi connectivity index (χ2v) is 3.21. The average Bonchev–Trinajstić information content (AvgIpc) is 1.78. The quantitative estimate of drug-likeness (QED) is 0.541.